The maximum atomic E-state index is 13.4. The predicted molar refractivity (Wildman–Crippen MR) is 157 cm³/mol. The molecule has 1 aliphatic heterocycles. The summed E-state index contributed by atoms with van der Waals surface area (Å²) in [7, 11) is 1.98. The van der Waals surface area contributed by atoms with Gasteiger partial charge >= 0.3 is 6.09 Å². The Morgan fingerprint density at radius 1 is 1.15 bits per heavy atom. The van der Waals surface area contributed by atoms with Gasteiger partial charge in [0.05, 0.1) is 11.4 Å². The number of rotatable bonds is 7. The Morgan fingerprint density at radius 2 is 1.88 bits per heavy atom. The maximum absolute atomic E-state index is 13.4. The van der Waals surface area contributed by atoms with Gasteiger partial charge in [0, 0.05) is 37.6 Å². The largest absolute Gasteiger partial charge is 0.444 e. The molecule has 9 nitrogen and oxygen atoms in total. The minimum atomic E-state index is -0.500. The van der Waals surface area contributed by atoms with Crippen LogP contribution in [0.2, 0.25) is 0 Å². The molecule has 4 aromatic rings. The van der Waals surface area contributed by atoms with E-state index in [1.165, 1.54) is 23.5 Å². The lowest BCUT2D eigenvalue weighted by molar-refractivity contribution is 0.0516. The molecular formula is C29H36FN7O2S. The highest BCUT2D eigenvalue weighted by atomic mass is 32.1. The molecule has 1 saturated heterocycles. The Hall–Kier alpha value is -3.73. The van der Waals surface area contributed by atoms with Crippen molar-refractivity contribution >= 4 is 39.8 Å². The second-order valence-corrected chi connectivity index (χ2v) is 11.9. The van der Waals surface area contributed by atoms with Crippen LogP contribution >= 0.6 is 11.3 Å². The van der Waals surface area contributed by atoms with Crippen LogP contribution in [-0.4, -0.2) is 58.0 Å². The molecule has 1 aliphatic rings. The lowest BCUT2D eigenvalue weighted by Gasteiger charge is -2.33. The van der Waals surface area contributed by atoms with E-state index in [0.717, 1.165) is 71.7 Å². The summed E-state index contributed by atoms with van der Waals surface area (Å²) in [6.07, 6.45) is 2.30. The van der Waals surface area contributed by atoms with E-state index in [1.807, 2.05) is 54.7 Å². The van der Waals surface area contributed by atoms with Crippen molar-refractivity contribution in [2.24, 2.45) is 5.92 Å². The summed E-state index contributed by atoms with van der Waals surface area (Å²) in [6, 6.07) is 10.4. The van der Waals surface area contributed by atoms with Crippen LogP contribution in [-0.2, 0) is 11.2 Å². The average Bonchev–Trinajstić information content (AvgIpc) is 3.56. The molecule has 0 unspecified atom stereocenters. The third-order valence-corrected chi connectivity index (χ3v) is 7.87. The van der Waals surface area contributed by atoms with Crippen molar-refractivity contribution < 1.29 is 13.9 Å². The van der Waals surface area contributed by atoms with Gasteiger partial charge < -0.3 is 19.9 Å². The van der Waals surface area contributed by atoms with Crippen LogP contribution in [0.15, 0.2) is 41.8 Å². The average molecular weight is 566 g/mol. The molecule has 0 aliphatic carbocycles. The van der Waals surface area contributed by atoms with Crippen LogP contribution in [0.3, 0.4) is 0 Å². The number of carbonyl (C=O) groups excluding carboxylic acids is 1. The number of hydrogen-bond acceptors (Lipinski definition) is 8. The number of fused-ring (bicyclic) bond motifs is 1. The lowest BCUT2D eigenvalue weighted by Crippen LogP contribution is -2.40. The molecule has 1 fully saturated rings. The van der Waals surface area contributed by atoms with Crippen molar-refractivity contribution in [1.82, 2.24) is 24.9 Å². The number of nitrogens with zero attached hydrogens (tertiary/aromatic N) is 6. The fraction of sp³-hybridized carbons (Fsp3) is 0.448. The smallest absolute Gasteiger partial charge is 0.407 e. The summed E-state index contributed by atoms with van der Waals surface area (Å²) in [5, 5.41) is 10.7. The molecule has 1 amide bonds. The number of hydrogen-bond donors (Lipinski definition) is 1. The molecule has 40 heavy (non-hydrogen) atoms. The number of halogens is 1. The number of anilines is 3. The number of amides is 1. The molecule has 212 valence electrons. The number of alkyl carbamates (subject to hydrolysis) is 1. The number of carbonyl (C=O) groups is 1. The van der Waals surface area contributed by atoms with Gasteiger partial charge in [-0.3, -0.25) is 0 Å². The highest BCUT2D eigenvalue weighted by Gasteiger charge is 2.24. The van der Waals surface area contributed by atoms with E-state index in [9.17, 15) is 9.18 Å². The van der Waals surface area contributed by atoms with E-state index in [0.29, 0.717) is 12.5 Å². The standard InChI is InChI=1S/C29H36FN7O2S/c1-6-22-26(35(5)27-33-23(18-40-27)20-7-9-21(30)10-8-20)37-24(32-22)11-12-25(34-37)36-15-13-19(14-16-36)17-31-28(38)39-29(2,3)4/h7-12,18-19H,6,13-17H2,1-5H3,(H,31,38). The van der Waals surface area contributed by atoms with Gasteiger partial charge in [-0.2, -0.15) is 4.52 Å². The molecule has 0 radical (unpaired) electrons. The third kappa shape index (κ3) is 6.19. The fourth-order valence-corrected chi connectivity index (χ4v) is 5.67. The van der Waals surface area contributed by atoms with Crippen molar-refractivity contribution in [3.63, 3.8) is 0 Å². The SMILES string of the molecule is CCc1nc2ccc(N3CCC(CNC(=O)OC(C)(C)C)CC3)nn2c1N(C)c1nc(-c2ccc(F)cc2)cs1. The second-order valence-electron chi connectivity index (χ2n) is 11.1. The number of imidazole rings is 1. The van der Waals surface area contributed by atoms with E-state index >= 15 is 0 Å². The molecule has 0 bridgehead atoms. The first kappa shape index (κ1) is 27.8. The van der Waals surface area contributed by atoms with E-state index < -0.39 is 5.60 Å². The van der Waals surface area contributed by atoms with E-state index in [4.69, 9.17) is 19.8 Å². The number of aryl methyl sites for hydroxylation is 1. The molecule has 0 atom stereocenters. The van der Waals surface area contributed by atoms with Crippen LogP contribution in [0.4, 0.5) is 26.0 Å². The number of ether oxygens (including phenoxy) is 1. The minimum absolute atomic E-state index is 0.266. The summed E-state index contributed by atoms with van der Waals surface area (Å²) < 4.78 is 20.7. The van der Waals surface area contributed by atoms with E-state index in [1.54, 1.807) is 12.1 Å². The van der Waals surface area contributed by atoms with Crippen molar-refractivity contribution in [2.45, 2.75) is 52.6 Å². The number of nitrogens with one attached hydrogen (secondary N) is 1. The highest BCUT2D eigenvalue weighted by Crippen LogP contribution is 2.34. The van der Waals surface area contributed by atoms with Gasteiger partial charge in [-0.15, -0.1) is 16.4 Å². The molecule has 11 heteroatoms. The number of benzene rings is 1. The van der Waals surface area contributed by atoms with Crippen molar-refractivity contribution in [2.75, 3.05) is 36.5 Å². The molecule has 5 rings (SSSR count). The Balaban J connectivity index is 1.31. The predicted octanol–water partition coefficient (Wildman–Crippen LogP) is 6.06. The van der Waals surface area contributed by atoms with Gasteiger partial charge in [0.25, 0.3) is 0 Å². The zero-order valence-electron chi connectivity index (χ0n) is 23.6. The summed E-state index contributed by atoms with van der Waals surface area (Å²) in [6.45, 7) is 10.00. The van der Waals surface area contributed by atoms with Crippen LogP contribution in [0, 0.1) is 11.7 Å². The van der Waals surface area contributed by atoms with Gasteiger partial charge in [0.1, 0.15) is 17.2 Å². The summed E-state index contributed by atoms with van der Waals surface area (Å²) in [4.78, 5) is 26.0. The maximum Gasteiger partial charge on any atom is 0.407 e. The molecule has 3 aromatic heterocycles. The van der Waals surface area contributed by atoms with Crippen molar-refractivity contribution in [3.8, 4) is 11.3 Å². The Kier molecular flexibility index (Phi) is 7.93. The van der Waals surface area contributed by atoms with Gasteiger partial charge in [0.2, 0.25) is 0 Å². The Labute approximate surface area is 238 Å². The first-order valence-corrected chi connectivity index (χ1v) is 14.5. The van der Waals surface area contributed by atoms with Gasteiger partial charge in [-0.1, -0.05) is 6.92 Å². The van der Waals surface area contributed by atoms with Gasteiger partial charge in [-0.05, 0) is 82.3 Å². The molecular weight excluding hydrogens is 529 g/mol. The number of aromatic nitrogens is 4. The van der Waals surface area contributed by atoms with Gasteiger partial charge in [-0.25, -0.2) is 19.2 Å². The van der Waals surface area contributed by atoms with E-state index in [-0.39, 0.29) is 11.9 Å². The summed E-state index contributed by atoms with van der Waals surface area (Å²) >= 11 is 1.53. The quantitative estimate of drug-likeness (QED) is 0.291. The fourth-order valence-electron chi connectivity index (χ4n) is 4.87. The molecule has 1 N–H and O–H groups in total. The van der Waals surface area contributed by atoms with Crippen molar-refractivity contribution in [1.29, 1.82) is 0 Å². The first-order chi connectivity index (χ1) is 19.1. The highest BCUT2D eigenvalue weighted by molar-refractivity contribution is 7.14. The summed E-state index contributed by atoms with van der Waals surface area (Å²) in [5.74, 6) is 1.91. The molecule has 1 aromatic carbocycles. The molecule has 4 heterocycles. The summed E-state index contributed by atoms with van der Waals surface area (Å²) in [5.41, 5.74) is 2.90. The lowest BCUT2D eigenvalue weighted by atomic mass is 9.97. The van der Waals surface area contributed by atoms with Crippen LogP contribution < -0.4 is 15.1 Å². The zero-order chi connectivity index (χ0) is 28.4. The first-order valence-electron chi connectivity index (χ1n) is 13.7. The number of thiazole rings is 1. The Bertz CT molecular complexity index is 1470. The molecule has 0 spiro atoms. The van der Waals surface area contributed by atoms with Gasteiger partial charge in [0.15, 0.2) is 16.6 Å². The number of piperidine rings is 1. The second kappa shape index (κ2) is 11.4. The minimum Gasteiger partial charge on any atom is -0.444 e. The zero-order valence-corrected chi connectivity index (χ0v) is 24.5. The van der Waals surface area contributed by atoms with Crippen LogP contribution in [0.25, 0.3) is 16.9 Å². The molecule has 0 saturated carbocycles. The van der Waals surface area contributed by atoms with Crippen LogP contribution in [0.5, 0.6) is 0 Å². The Morgan fingerprint density at radius 3 is 2.55 bits per heavy atom. The van der Waals surface area contributed by atoms with Crippen LogP contribution in [0.1, 0.15) is 46.2 Å². The third-order valence-electron chi connectivity index (χ3n) is 6.95. The van der Waals surface area contributed by atoms with Crippen molar-refractivity contribution in [3.05, 3.63) is 53.3 Å². The monoisotopic (exact) mass is 565 g/mol. The topological polar surface area (TPSA) is 87.9 Å². The van der Waals surface area contributed by atoms with E-state index in [2.05, 4.69) is 17.1 Å². The normalized spacial score (nSPS) is 14.5.